The molecule has 0 spiro atoms. The van der Waals surface area contributed by atoms with Crippen molar-refractivity contribution in [2.45, 2.75) is 37.1 Å². The highest BCUT2D eigenvalue weighted by atomic mass is 35.5. The first-order valence-corrected chi connectivity index (χ1v) is 8.18. The summed E-state index contributed by atoms with van der Waals surface area (Å²) in [5.41, 5.74) is 0. The zero-order chi connectivity index (χ0) is 13.6. The summed E-state index contributed by atoms with van der Waals surface area (Å²) in [6.45, 7) is 2.09. The molecule has 0 aliphatic heterocycles. The van der Waals surface area contributed by atoms with Gasteiger partial charge in [0.1, 0.15) is 0 Å². The number of rotatable bonds is 7. The van der Waals surface area contributed by atoms with Crippen LogP contribution in [0.15, 0.2) is 29.2 Å². The number of hydrogen-bond donors (Lipinski definition) is 1. The lowest BCUT2D eigenvalue weighted by molar-refractivity contribution is 0.500. The molecule has 0 aliphatic carbocycles. The van der Waals surface area contributed by atoms with Gasteiger partial charge in [0.15, 0.2) is 9.84 Å². The van der Waals surface area contributed by atoms with Crippen LogP contribution in [0.3, 0.4) is 0 Å². The molecule has 0 heterocycles. The van der Waals surface area contributed by atoms with Crippen LogP contribution < -0.4 is 5.32 Å². The molecule has 102 valence electrons. The minimum absolute atomic E-state index is 0.148. The summed E-state index contributed by atoms with van der Waals surface area (Å²) in [7, 11) is -1.36. The SMILES string of the molecule is CCC(CCCS(=O)(=O)c1ccccc1Cl)NC. The lowest BCUT2D eigenvalue weighted by Gasteiger charge is -2.13. The molecule has 1 rings (SSSR count). The van der Waals surface area contributed by atoms with Crippen LogP contribution >= 0.6 is 11.6 Å². The largest absolute Gasteiger partial charge is 0.317 e. The molecule has 3 nitrogen and oxygen atoms in total. The molecular formula is C13H20ClNO2S. The van der Waals surface area contributed by atoms with E-state index >= 15 is 0 Å². The number of nitrogens with one attached hydrogen (secondary N) is 1. The third-order valence-corrected chi connectivity index (χ3v) is 5.33. The minimum Gasteiger partial charge on any atom is -0.317 e. The van der Waals surface area contributed by atoms with Gasteiger partial charge < -0.3 is 5.32 Å². The first-order chi connectivity index (χ1) is 8.51. The van der Waals surface area contributed by atoms with Crippen molar-refractivity contribution < 1.29 is 8.42 Å². The van der Waals surface area contributed by atoms with Gasteiger partial charge in [0, 0.05) is 6.04 Å². The fourth-order valence-electron chi connectivity index (χ4n) is 1.88. The zero-order valence-electron chi connectivity index (χ0n) is 10.8. The van der Waals surface area contributed by atoms with Gasteiger partial charge in [-0.15, -0.1) is 0 Å². The van der Waals surface area contributed by atoms with E-state index in [9.17, 15) is 8.42 Å². The van der Waals surface area contributed by atoms with Crippen molar-refractivity contribution in [1.29, 1.82) is 0 Å². The molecule has 5 heteroatoms. The highest BCUT2D eigenvalue weighted by Crippen LogP contribution is 2.22. The second-order valence-electron chi connectivity index (χ2n) is 4.29. The Bertz CT molecular complexity index is 470. The van der Waals surface area contributed by atoms with Crippen molar-refractivity contribution in [3.63, 3.8) is 0 Å². The van der Waals surface area contributed by atoms with E-state index in [1.807, 2.05) is 7.05 Å². The first-order valence-electron chi connectivity index (χ1n) is 6.15. The number of benzene rings is 1. The predicted octanol–water partition coefficient (Wildman–Crippen LogP) is 2.89. The topological polar surface area (TPSA) is 46.2 Å². The third-order valence-electron chi connectivity index (χ3n) is 3.04. The molecule has 0 aromatic heterocycles. The maximum Gasteiger partial charge on any atom is 0.179 e. The summed E-state index contributed by atoms with van der Waals surface area (Å²) in [6, 6.07) is 6.98. The van der Waals surface area contributed by atoms with Crippen LogP contribution in [0, 0.1) is 0 Å². The van der Waals surface area contributed by atoms with Gasteiger partial charge in [0.05, 0.1) is 15.7 Å². The Balaban J connectivity index is 2.64. The van der Waals surface area contributed by atoms with E-state index < -0.39 is 9.84 Å². The highest BCUT2D eigenvalue weighted by Gasteiger charge is 2.17. The van der Waals surface area contributed by atoms with Gasteiger partial charge in [0.2, 0.25) is 0 Å². The Hall–Kier alpha value is -0.580. The summed E-state index contributed by atoms with van der Waals surface area (Å²) >= 11 is 5.91. The average Bonchev–Trinajstić information content (AvgIpc) is 2.35. The molecule has 0 radical (unpaired) electrons. The summed E-state index contributed by atoms with van der Waals surface area (Å²) < 4.78 is 24.2. The van der Waals surface area contributed by atoms with Crippen LogP contribution in [0.25, 0.3) is 0 Å². The minimum atomic E-state index is -3.26. The van der Waals surface area contributed by atoms with Gasteiger partial charge in [-0.05, 0) is 38.4 Å². The van der Waals surface area contributed by atoms with Gasteiger partial charge in [-0.1, -0.05) is 30.7 Å². The van der Waals surface area contributed by atoms with Crippen LogP contribution in [-0.2, 0) is 9.84 Å². The standard InChI is InChI=1S/C13H20ClNO2S/c1-3-11(15-2)7-6-10-18(16,17)13-9-5-4-8-12(13)14/h4-5,8-9,11,15H,3,6-7,10H2,1-2H3. The molecule has 0 bridgehead atoms. The monoisotopic (exact) mass is 289 g/mol. The Morgan fingerprint density at radius 2 is 2.00 bits per heavy atom. The maximum atomic E-state index is 12.1. The average molecular weight is 290 g/mol. The summed E-state index contributed by atoms with van der Waals surface area (Å²) in [5, 5.41) is 3.47. The van der Waals surface area contributed by atoms with E-state index in [0.717, 1.165) is 12.8 Å². The molecule has 1 unspecified atom stereocenters. The normalized spacial score (nSPS) is 13.5. The van der Waals surface area contributed by atoms with Crippen molar-refractivity contribution in [1.82, 2.24) is 5.32 Å². The highest BCUT2D eigenvalue weighted by molar-refractivity contribution is 7.91. The van der Waals surface area contributed by atoms with Gasteiger partial charge in [0.25, 0.3) is 0 Å². The van der Waals surface area contributed by atoms with Crippen LogP contribution in [0.5, 0.6) is 0 Å². The molecule has 0 fully saturated rings. The van der Waals surface area contributed by atoms with E-state index in [-0.39, 0.29) is 10.6 Å². The van der Waals surface area contributed by atoms with Crippen molar-refractivity contribution in [3.8, 4) is 0 Å². The van der Waals surface area contributed by atoms with Gasteiger partial charge in [-0.2, -0.15) is 0 Å². The molecule has 0 amide bonds. The summed E-state index contributed by atoms with van der Waals surface area (Å²) in [4.78, 5) is 0.240. The van der Waals surface area contributed by atoms with Gasteiger partial charge >= 0.3 is 0 Å². The molecule has 18 heavy (non-hydrogen) atoms. The molecule has 1 N–H and O–H groups in total. The van der Waals surface area contributed by atoms with E-state index in [1.165, 1.54) is 0 Å². The molecule has 0 saturated carbocycles. The fourth-order valence-corrected chi connectivity index (χ4v) is 3.79. The number of hydrogen-bond acceptors (Lipinski definition) is 3. The zero-order valence-corrected chi connectivity index (χ0v) is 12.4. The Morgan fingerprint density at radius 1 is 1.33 bits per heavy atom. The van der Waals surface area contributed by atoms with Crippen molar-refractivity contribution in [2.75, 3.05) is 12.8 Å². The molecule has 1 aromatic carbocycles. The molecule has 1 atom stereocenters. The summed E-state index contributed by atoms with van der Waals surface area (Å²) in [5.74, 6) is 0.148. The van der Waals surface area contributed by atoms with Crippen molar-refractivity contribution in [3.05, 3.63) is 29.3 Å². The second-order valence-corrected chi connectivity index (χ2v) is 6.77. The Morgan fingerprint density at radius 3 is 2.56 bits per heavy atom. The van der Waals surface area contributed by atoms with E-state index in [4.69, 9.17) is 11.6 Å². The number of halogens is 1. The third kappa shape index (κ3) is 4.26. The Kier molecular flexibility index (Phi) is 6.12. The molecule has 0 saturated heterocycles. The second kappa shape index (κ2) is 7.12. The maximum absolute atomic E-state index is 12.1. The molecule has 0 aliphatic rings. The quantitative estimate of drug-likeness (QED) is 0.839. The van der Waals surface area contributed by atoms with E-state index in [1.54, 1.807) is 24.3 Å². The van der Waals surface area contributed by atoms with Gasteiger partial charge in [-0.25, -0.2) is 8.42 Å². The first kappa shape index (κ1) is 15.5. The summed E-state index contributed by atoms with van der Waals surface area (Å²) in [6.07, 6.45) is 2.51. The lowest BCUT2D eigenvalue weighted by Crippen LogP contribution is -2.24. The van der Waals surface area contributed by atoms with Crippen LogP contribution in [0.4, 0.5) is 0 Å². The Labute approximate surface area is 114 Å². The van der Waals surface area contributed by atoms with Crippen LogP contribution in [0.1, 0.15) is 26.2 Å². The smallest absolute Gasteiger partial charge is 0.179 e. The number of sulfone groups is 1. The molecule has 1 aromatic rings. The predicted molar refractivity (Wildman–Crippen MR) is 75.9 cm³/mol. The van der Waals surface area contributed by atoms with Crippen molar-refractivity contribution >= 4 is 21.4 Å². The van der Waals surface area contributed by atoms with Crippen LogP contribution in [-0.4, -0.2) is 27.3 Å². The van der Waals surface area contributed by atoms with Crippen molar-refractivity contribution in [2.24, 2.45) is 0 Å². The van der Waals surface area contributed by atoms with E-state index in [0.29, 0.717) is 17.5 Å². The molecular weight excluding hydrogens is 270 g/mol. The van der Waals surface area contributed by atoms with Gasteiger partial charge in [-0.3, -0.25) is 0 Å². The van der Waals surface area contributed by atoms with E-state index in [2.05, 4.69) is 12.2 Å². The lowest BCUT2D eigenvalue weighted by atomic mass is 10.1. The fraction of sp³-hybridized carbons (Fsp3) is 0.538. The van der Waals surface area contributed by atoms with Crippen LogP contribution in [0.2, 0.25) is 5.02 Å².